The molecule has 0 saturated carbocycles. The van der Waals surface area contributed by atoms with Crippen molar-refractivity contribution in [2.75, 3.05) is 0 Å². The largest absolute Gasteiger partial charge is 0.135 e. The Kier molecular flexibility index (Phi) is 3.37. The fourth-order valence-electron chi connectivity index (χ4n) is 2.72. The third-order valence-corrected chi connectivity index (χ3v) is 5.63. The van der Waals surface area contributed by atoms with Gasteiger partial charge in [0.05, 0.1) is 0 Å². The molecule has 0 saturated heterocycles. The maximum absolute atomic E-state index is 3.59. The molecule has 4 aromatic rings. The number of hydrogen-bond donors (Lipinski definition) is 0. The Balaban J connectivity index is 2.13. The van der Waals surface area contributed by atoms with Gasteiger partial charge < -0.3 is 0 Å². The predicted octanol–water partition coefficient (Wildman–Crippen LogP) is 7.25. The zero-order valence-corrected chi connectivity index (χ0v) is 14.9. The summed E-state index contributed by atoms with van der Waals surface area (Å²) in [4.78, 5) is 0. The molecule has 0 fully saturated rings. The van der Waals surface area contributed by atoms with Gasteiger partial charge in [-0.2, -0.15) is 0 Å². The summed E-state index contributed by atoms with van der Waals surface area (Å²) in [6.45, 7) is 0. The molecule has 0 amide bonds. The predicted molar refractivity (Wildman–Crippen MR) is 100 cm³/mol. The molecule has 3 aromatic carbocycles. The number of thiophene rings is 1. The summed E-state index contributed by atoms with van der Waals surface area (Å²) in [5.41, 5.74) is 2.51. The first-order valence-electron chi connectivity index (χ1n) is 6.59. The van der Waals surface area contributed by atoms with E-state index in [0.717, 1.165) is 8.95 Å². The highest BCUT2D eigenvalue weighted by atomic mass is 79.9. The molecule has 21 heavy (non-hydrogen) atoms. The van der Waals surface area contributed by atoms with Crippen molar-refractivity contribution in [3.8, 4) is 11.1 Å². The highest BCUT2D eigenvalue weighted by Crippen LogP contribution is 2.40. The molecule has 4 rings (SSSR count). The summed E-state index contributed by atoms with van der Waals surface area (Å²) in [5.74, 6) is 0. The van der Waals surface area contributed by atoms with Crippen LogP contribution in [0.3, 0.4) is 0 Å². The zero-order chi connectivity index (χ0) is 14.4. The molecule has 0 aliphatic heterocycles. The van der Waals surface area contributed by atoms with Crippen LogP contribution in [0.25, 0.3) is 31.3 Å². The van der Waals surface area contributed by atoms with Crippen LogP contribution >= 0.6 is 43.2 Å². The van der Waals surface area contributed by atoms with E-state index < -0.39 is 0 Å². The lowest BCUT2D eigenvalue weighted by Gasteiger charge is -2.06. The van der Waals surface area contributed by atoms with Gasteiger partial charge in [-0.25, -0.2) is 0 Å². The van der Waals surface area contributed by atoms with Crippen LogP contribution in [0.5, 0.6) is 0 Å². The summed E-state index contributed by atoms with van der Waals surface area (Å²) in [7, 11) is 0. The minimum Gasteiger partial charge on any atom is -0.135 e. The van der Waals surface area contributed by atoms with Crippen molar-refractivity contribution >= 4 is 63.4 Å². The molecule has 102 valence electrons. The first kappa shape index (κ1) is 13.5. The third kappa shape index (κ3) is 2.33. The SMILES string of the molecule is Brc1cc(Br)cc(-c2cccc3sc4ccccc4c23)c1. The minimum absolute atomic E-state index is 1.09. The standard InChI is InChI=1S/C18H10Br2S/c19-12-8-11(9-13(20)10-12)14-5-3-7-17-18(14)15-4-1-2-6-16(15)21-17/h1-10H. The highest BCUT2D eigenvalue weighted by molar-refractivity contribution is 9.11. The summed E-state index contributed by atoms with van der Waals surface area (Å²) in [5, 5.41) is 2.69. The Labute approximate surface area is 143 Å². The van der Waals surface area contributed by atoms with Gasteiger partial charge in [0.1, 0.15) is 0 Å². The molecule has 3 heteroatoms. The van der Waals surface area contributed by atoms with Crippen LogP contribution in [-0.4, -0.2) is 0 Å². The Morgan fingerprint density at radius 1 is 0.714 bits per heavy atom. The van der Waals surface area contributed by atoms with Crippen LogP contribution in [0.4, 0.5) is 0 Å². The van der Waals surface area contributed by atoms with Crippen molar-refractivity contribution in [2.24, 2.45) is 0 Å². The fourth-order valence-corrected chi connectivity index (χ4v) is 5.15. The quantitative estimate of drug-likeness (QED) is 0.306. The molecular weight excluding hydrogens is 408 g/mol. The van der Waals surface area contributed by atoms with E-state index in [2.05, 4.69) is 92.5 Å². The molecule has 0 N–H and O–H groups in total. The van der Waals surface area contributed by atoms with Gasteiger partial charge in [-0.15, -0.1) is 11.3 Å². The lowest BCUT2D eigenvalue weighted by molar-refractivity contribution is 1.58. The maximum Gasteiger partial charge on any atom is 0.0361 e. The second kappa shape index (κ2) is 5.24. The van der Waals surface area contributed by atoms with Crippen molar-refractivity contribution in [3.05, 3.63) is 69.6 Å². The van der Waals surface area contributed by atoms with Gasteiger partial charge in [0, 0.05) is 29.1 Å². The van der Waals surface area contributed by atoms with Gasteiger partial charge in [0.25, 0.3) is 0 Å². The van der Waals surface area contributed by atoms with Gasteiger partial charge >= 0.3 is 0 Å². The van der Waals surface area contributed by atoms with Crippen LogP contribution in [0, 0.1) is 0 Å². The van der Waals surface area contributed by atoms with Gasteiger partial charge in [-0.3, -0.25) is 0 Å². The number of benzene rings is 3. The van der Waals surface area contributed by atoms with E-state index in [4.69, 9.17) is 0 Å². The van der Waals surface area contributed by atoms with Crippen molar-refractivity contribution in [1.29, 1.82) is 0 Å². The first-order chi connectivity index (χ1) is 10.2. The number of halogens is 2. The molecule has 0 radical (unpaired) electrons. The van der Waals surface area contributed by atoms with Crippen LogP contribution in [0.1, 0.15) is 0 Å². The highest BCUT2D eigenvalue weighted by Gasteiger charge is 2.11. The fraction of sp³-hybridized carbons (Fsp3) is 0. The maximum atomic E-state index is 3.59. The Morgan fingerprint density at radius 2 is 1.43 bits per heavy atom. The van der Waals surface area contributed by atoms with Gasteiger partial charge in [-0.1, -0.05) is 62.2 Å². The van der Waals surface area contributed by atoms with Crippen molar-refractivity contribution in [1.82, 2.24) is 0 Å². The number of hydrogen-bond acceptors (Lipinski definition) is 1. The van der Waals surface area contributed by atoms with Crippen LogP contribution in [0.2, 0.25) is 0 Å². The van der Waals surface area contributed by atoms with E-state index in [1.54, 1.807) is 0 Å². The molecule has 0 aliphatic rings. The Hall–Kier alpha value is -1.16. The molecular formula is C18H10Br2S. The van der Waals surface area contributed by atoms with Crippen LogP contribution < -0.4 is 0 Å². The summed E-state index contributed by atoms with van der Waals surface area (Å²) < 4.78 is 4.85. The van der Waals surface area contributed by atoms with Gasteiger partial charge in [-0.05, 0) is 41.5 Å². The van der Waals surface area contributed by atoms with Crippen LogP contribution in [-0.2, 0) is 0 Å². The average molecular weight is 418 g/mol. The lowest BCUT2D eigenvalue weighted by Crippen LogP contribution is -1.80. The molecule has 0 bridgehead atoms. The minimum atomic E-state index is 1.09. The number of rotatable bonds is 1. The van der Waals surface area contributed by atoms with Gasteiger partial charge in [0.15, 0.2) is 0 Å². The van der Waals surface area contributed by atoms with Crippen molar-refractivity contribution < 1.29 is 0 Å². The molecule has 0 unspecified atom stereocenters. The zero-order valence-electron chi connectivity index (χ0n) is 10.9. The average Bonchev–Trinajstić information content (AvgIpc) is 2.84. The normalized spacial score (nSPS) is 11.3. The monoisotopic (exact) mass is 416 g/mol. The first-order valence-corrected chi connectivity index (χ1v) is 8.99. The third-order valence-electron chi connectivity index (χ3n) is 3.58. The Bertz CT molecular complexity index is 949. The lowest BCUT2D eigenvalue weighted by atomic mass is 10.00. The van der Waals surface area contributed by atoms with E-state index in [9.17, 15) is 0 Å². The molecule has 0 aliphatic carbocycles. The molecule has 0 atom stereocenters. The van der Waals surface area contributed by atoms with Gasteiger partial charge in [0.2, 0.25) is 0 Å². The molecule has 1 heterocycles. The van der Waals surface area contributed by atoms with E-state index in [1.165, 1.54) is 31.3 Å². The van der Waals surface area contributed by atoms with Crippen molar-refractivity contribution in [2.45, 2.75) is 0 Å². The smallest absolute Gasteiger partial charge is 0.0361 e. The van der Waals surface area contributed by atoms with E-state index in [-0.39, 0.29) is 0 Å². The molecule has 0 spiro atoms. The Morgan fingerprint density at radius 3 is 2.24 bits per heavy atom. The summed E-state index contributed by atoms with van der Waals surface area (Å²) >= 11 is 9.03. The van der Waals surface area contributed by atoms with Crippen molar-refractivity contribution in [3.63, 3.8) is 0 Å². The second-order valence-electron chi connectivity index (χ2n) is 4.94. The van der Waals surface area contributed by atoms with E-state index in [1.807, 2.05) is 11.3 Å². The number of fused-ring (bicyclic) bond motifs is 3. The van der Waals surface area contributed by atoms with E-state index in [0.29, 0.717) is 0 Å². The molecule has 1 aromatic heterocycles. The molecule has 0 nitrogen and oxygen atoms in total. The van der Waals surface area contributed by atoms with Crippen LogP contribution in [0.15, 0.2) is 69.6 Å². The van der Waals surface area contributed by atoms with E-state index >= 15 is 0 Å². The summed E-state index contributed by atoms with van der Waals surface area (Å²) in [6, 6.07) is 21.6. The topological polar surface area (TPSA) is 0 Å². The second-order valence-corrected chi connectivity index (χ2v) is 7.85. The summed E-state index contributed by atoms with van der Waals surface area (Å²) in [6.07, 6.45) is 0.